The number of aryl methyl sites for hydroxylation is 1. The highest BCUT2D eigenvalue weighted by molar-refractivity contribution is 14.0. The second kappa shape index (κ2) is 10.0. The lowest BCUT2D eigenvalue weighted by molar-refractivity contribution is 0.0205. The number of benzene rings is 1. The molecule has 0 aromatic heterocycles. The molecule has 2 N–H and O–H groups in total. The summed E-state index contributed by atoms with van der Waals surface area (Å²) in [5, 5.41) is 6.65. The van der Waals surface area contributed by atoms with Crippen molar-refractivity contribution in [3.05, 3.63) is 35.4 Å². The second-order valence-electron chi connectivity index (χ2n) is 6.39. The van der Waals surface area contributed by atoms with Gasteiger partial charge in [0.1, 0.15) is 0 Å². The van der Waals surface area contributed by atoms with E-state index in [0.717, 1.165) is 19.0 Å². The van der Waals surface area contributed by atoms with Crippen molar-refractivity contribution in [1.29, 1.82) is 0 Å². The van der Waals surface area contributed by atoms with E-state index in [1.165, 1.54) is 11.1 Å². The summed E-state index contributed by atoms with van der Waals surface area (Å²) in [5.74, 6) is 0.794. The number of hydrogen-bond acceptors (Lipinski definition) is 2. The van der Waals surface area contributed by atoms with Gasteiger partial charge in [-0.1, -0.05) is 50.6 Å². The summed E-state index contributed by atoms with van der Waals surface area (Å²) in [7, 11) is 3.53. The minimum Gasteiger partial charge on any atom is -0.379 e. The Balaban J connectivity index is 0.00000441. The van der Waals surface area contributed by atoms with Crippen molar-refractivity contribution in [2.75, 3.05) is 20.7 Å². The molecule has 22 heavy (non-hydrogen) atoms. The zero-order valence-corrected chi connectivity index (χ0v) is 16.9. The summed E-state index contributed by atoms with van der Waals surface area (Å²) in [4.78, 5) is 4.25. The third kappa shape index (κ3) is 7.45. The molecule has 1 aromatic carbocycles. The highest BCUT2D eigenvalue weighted by Gasteiger charge is 2.24. The fourth-order valence-electron chi connectivity index (χ4n) is 2.16. The van der Waals surface area contributed by atoms with Gasteiger partial charge in [0.25, 0.3) is 0 Å². The Kier molecular flexibility index (Phi) is 9.67. The van der Waals surface area contributed by atoms with Crippen LogP contribution in [0.5, 0.6) is 0 Å². The van der Waals surface area contributed by atoms with Crippen LogP contribution >= 0.6 is 24.0 Å². The van der Waals surface area contributed by atoms with Gasteiger partial charge in [0.15, 0.2) is 5.96 Å². The van der Waals surface area contributed by atoms with Crippen LogP contribution in [0.2, 0.25) is 0 Å². The second-order valence-corrected chi connectivity index (χ2v) is 6.39. The SMILES string of the molecule is CN=C(NCc1cccc(C)c1)NCC(OC)C(C)(C)C.I. The van der Waals surface area contributed by atoms with Crippen LogP contribution in [0.15, 0.2) is 29.3 Å². The van der Waals surface area contributed by atoms with E-state index in [2.05, 4.69) is 67.6 Å². The average molecular weight is 419 g/mol. The largest absolute Gasteiger partial charge is 0.379 e. The number of halogens is 1. The molecule has 0 aliphatic rings. The van der Waals surface area contributed by atoms with Gasteiger partial charge in [-0.3, -0.25) is 4.99 Å². The maximum absolute atomic E-state index is 5.54. The van der Waals surface area contributed by atoms with Gasteiger partial charge in [-0.25, -0.2) is 0 Å². The lowest BCUT2D eigenvalue weighted by Crippen LogP contribution is -2.45. The summed E-state index contributed by atoms with van der Waals surface area (Å²) < 4.78 is 5.54. The molecule has 1 rings (SSSR count). The van der Waals surface area contributed by atoms with Crippen molar-refractivity contribution in [2.24, 2.45) is 10.4 Å². The predicted molar refractivity (Wildman–Crippen MR) is 105 cm³/mol. The van der Waals surface area contributed by atoms with Gasteiger partial charge < -0.3 is 15.4 Å². The Morgan fingerprint density at radius 1 is 1.27 bits per heavy atom. The molecule has 0 amide bonds. The first-order chi connectivity index (χ1) is 9.86. The van der Waals surface area contributed by atoms with Crippen LogP contribution in [-0.4, -0.2) is 32.8 Å². The van der Waals surface area contributed by atoms with Crippen LogP contribution < -0.4 is 10.6 Å². The van der Waals surface area contributed by atoms with Crippen LogP contribution in [0, 0.1) is 12.3 Å². The first kappa shape index (κ1) is 21.2. The first-order valence-corrected chi connectivity index (χ1v) is 7.39. The van der Waals surface area contributed by atoms with Crippen LogP contribution in [0.4, 0.5) is 0 Å². The van der Waals surface area contributed by atoms with Crippen LogP contribution in [0.1, 0.15) is 31.9 Å². The van der Waals surface area contributed by atoms with E-state index in [9.17, 15) is 0 Å². The first-order valence-electron chi connectivity index (χ1n) is 7.39. The fraction of sp³-hybridized carbons (Fsp3) is 0.588. The van der Waals surface area contributed by atoms with Crippen LogP contribution in [-0.2, 0) is 11.3 Å². The molecule has 4 nitrogen and oxygen atoms in total. The minimum atomic E-state index is 0. The van der Waals surface area contributed by atoms with E-state index >= 15 is 0 Å². The lowest BCUT2D eigenvalue weighted by Gasteiger charge is -2.30. The highest BCUT2D eigenvalue weighted by atomic mass is 127. The topological polar surface area (TPSA) is 45.7 Å². The zero-order chi connectivity index (χ0) is 15.9. The van der Waals surface area contributed by atoms with Gasteiger partial charge in [-0.2, -0.15) is 0 Å². The number of guanidine groups is 1. The van der Waals surface area contributed by atoms with E-state index in [4.69, 9.17) is 4.74 Å². The number of aliphatic imine (C=N–C) groups is 1. The van der Waals surface area contributed by atoms with Crippen LogP contribution in [0.3, 0.4) is 0 Å². The lowest BCUT2D eigenvalue weighted by atomic mass is 9.89. The Morgan fingerprint density at radius 3 is 2.45 bits per heavy atom. The molecule has 0 heterocycles. The molecule has 1 atom stereocenters. The molecule has 0 radical (unpaired) electrons. The third-order valence-corrected chi connectivity index (χ3v) is 3.47. The van der Waals surface area contributed by atoms with Crippen molar-refractivity contribution in [3.8, 4) is 0 Å². The van der Waals surface area contributed by atoms with Crippen molar-refractivity contribution in [2.45, 2.75) is 40.3 Å². The van der Waals surface area contributed by atoms with Gasteiger partial charge >= 0.3 is 0 Å². The van der Waals surface area contributed by atoms with Crippen molar-refractivity contribution in [3.63, 3.8) is 0 Å². The molecule has 0 aliphatic heterocycles. The Hall–Kier alpha value is -0.820. The number of rotatable bonds is 5. The molecular formula is C17H30IN3O. The molecule has 0 saturated heterocycles. The molecule has 0 fully saturated rings. The Bertz CT molecular complexity index is 469. The smallest absolute Gasteiger partial charge is 0.191 e. The standard InChI is InChI=1S/C17H29N3O.HI/c1-13-8-7-9-14(10-13)11-19-16(18-5)20-12-15(21-6)17(2,3)4;/h7-10,15H,11-12H2,1-6H3,(H2,18,19,20);1H. The van der Waals surface area contributed by atoms with Gasteiger partial charge in [-0.15, -0.1) is 24.0 Å². The maximum atomic E-state index is 5.54. The van der Waals surface area contributed by atoms with E-state index < -0.39 is 0 Å². The molecule has 0 saturated carbocycles. The monoisotopic (exact) mass is 419 g/mol. The third-order valence-electron chi connectivity index (χ3n) is 3.47. The molecule has 0 bridgehead atoms. The number of nitrogens with zero attached hydrogens (tertiary/aromatic N) is 1. The summed E-state index contributed by atoms with van der Waals surface area (Å²) in [5.41, 5.74) is 2.61. The quantitative estimate of drug-likeness (QED) is 0.437. The van der Waals surface area contributed by atoms with E-state index in [1.54, 1.807) is 14.2 Å². The number of nitrogens with one attached hydrogen (secondary N) is 2. The fourth-order valence-corrected chi connectivity index (χ4v) is 2.16. The number of hydrogen-bond donors (Lipinski definition) is 2. The minimum absolute atomic E-state index is 0. The summed E-state index contributed by atoms with van der Waals surface area (Å²) in [6.45, 7) is 10.1. The molecule has 0 aliphatic carbocycles. The summed E-state index contributed by atoms with van der Waals surface area (Å²) in [6.07, 6.45) is 0.134. The van der Waals surface area contributed by atoms with Gasteiger partial charge in [0, 0.05) is 27.2 Å². The molecule has 1 unspecified atom stereocenters. The zero-order valence-electron chi connectivity index (χ0n) is 14.6. The molecule has 126 valence electrons. The summed E-state index contributed by atoms with van der Waals surface area (Å²) in [6, 6.07) is 8.46. The van der Waals surface area contributed by atoms with Crippen molar-refractivity contribution in [1.82, 2.24) is 10.6 Å². The summed E-state index contributed by atoms with van der Waals surface area (Å²) >= 11 is 0. The highest BCUT2D eigenvalue weighted by Crippen LogP contribution is 2.20. The normalized spacial score (nSPS) is 13.3. The van der Waals surface area contributed by atoms with Gasteiger partial charge in [0.2, 0.25) is 0 Å². The van der Waals surface area contributed by atoms with E-state index in [0.29, 0.717) is 0 Å². The van der Waals surface area contributed by atoms with Crippen molar-refractivity contribution < 1.29 is 4.74 Å². The van der Waals surface area contributed by atoms with E-state index in [-0.39, 0.29) is 35.5 Å². The number of ether oxygens (including phenoxy) is 1. The van der Waals surface area contributed by atoms with Gasteiger partial charge in [0.05, 0.1) is 6.10 Å². The van der Waals surface area contributed by atoms with E-state index in [1.807, 2.05) is 0 Å². The Morgan fingerprint density at radius 2 is 1.95 bits per heavy atom. The molecule has 5 heteroatoms. The number of methoxy groups -OCH3 is 1. The molecule has 0 spiro atoms. The predicted octanol–water partition coefficient (Wildman–Crippen LogP) is 3.34. The Labute approximate surface area is 152 Å². The average Bonchev–Trinajstić information content (AvgIpc) is 2.41. The molecule has 1 aromatic rings. The van der Waals surface area contributed by atoms with Crippen LogP contribution in [0.25, 0.3) is 0 Å². The molecular weight excluding hydrogens is 389 g/mol. The maximum Gasteiger partial charge on any atom is 0.191 e. The van der Waals surface area contributed by atoms with Gasteiger partial charge in [-0.05, 0) is 17.9 Å². The van der Waals surface area contributed by atoms with Crippen molar-refractivity contribution >= 4 is 29.9 Å².